The molecule has 0 rings (SSSR count). The molecule has 2 N–H and O–H groups in total. The summed E-state index contributed by atoms with van der Waals surface area (Å²) in [6, 6.07) is 1.11. The molecule has 0 heterocycles. The minimum Gasteiger partial charge on any atom is -0.381 e. The molecule has 0 saturated carbocycles. The van der Waals surface area contributed by atoms with E-state index in [1.165, 1.54) is 0 Å². The molecule has 3 heteroatoms. The minimum atomic E-state index is 0.540. The van der Waals surface area contributed by atoms with Gasteiger partial charge >= 0.3 is 0 Å². The van der Waals surface area contributed by atoms with Gasteiger partial charge in [-0.25, -0.2) is 0 Å². The van der Waals surface area contributed by atoms with Crippen LogP contribution in [-0.4, -0.2) is 38.4 Å². The van der Waals surface area contributed by atoms with Gasteiger partial charge in [-0.05, 0) is 26.3 Å². The third-order valence-electron chi connectivity index (χ3n) is 2.14. The van der Waals surface area contributed by atoms with Gasteiger partial charge in [-0.15, -0.1) is 0 Å². The smallest absolute Gasteiger partial charge is 0.0478 e. The highest BCUT2D eigenvalue weighted by molar-refractivity contribution is 4.65. The van der Waals surface area contributed by atoms with Crippen molar-refractivity contribution in [2.75, 3.05) is 26.3 Å². The number of ether oxygens (including phenoxy) is 1. The molecule has 0 radical (unpaired) electrons. The third-order valence-corrected chi connectivity index (χ3v) is 2.14. The maximum atomic E-state index is 5.41. The Morgan fingerprint density at radius 1 is 1.07 bits per heavy atom. The van der Waals surface area contributed by atoms with Crippen molar-refractivity contribution in [3.05, 3.63) is 0 Å². The van der Waals surface area contributed by atoms with Crippen molar-refractivity contribution in [2.24, 2.45) is 0 Å². The van der Waals surface area contributed by atoms with Crippen LogP contribution in [0.25, 0.3) is 0 Å². The Bertz CT molecular complexity index is 129. The molecule has 1 unspecified atom stereocenters. The van der Waals surface area contributed by atoms with Crippen LogP contribution in [0.2, 0.25) is 0 Å². The van der Waals surface area contributed by atoms with E-state index in [0.717, 1.165) is 39.1 Å². The maximum absolute atomic E-state index is 5.41. The van der Waals surface area contributed by atoms with Gasteiger partial charge in [-0.3, -0.25) is 0 Å². The first-order chi connectivity index (χ1) is 7.16. The molecule has 0 aromatic carbocycles. The van der Waals surface area contributed by atoms with Gasteiger partial charge in [0.05, 0.1) is 0 Å². The van der Waals surface area contributed by atoms with E-state index in [1.54, 1.807) is 0 Å². The lowest BCUT2D eigenvalue weighted by molar-refractivity contribution is 0.131. The Morgan fingerprint density at radius 3 is 2.40 bits per heavy atom. The molecule has 0 spiro atoms. The summed E-state index contributed by atoms with van der Waals surface area (Å²) in [5.41, 5.74) is 0. The van der Waals surface area contributed by atoms with Gasteiger partial charge in [0.1, 0.15) is 0 Å². The van der Waals surface area contributed by atoms with Crippen LogP contribution in [0, 0.1) is 0 Å². The number of hydrogen-bond donors (Lipinski definition) is 2. The first-order valence-electron chi connectivity index (χ1n) is 6.21. The fraction of sp³-hybridized carbons (Fsp3) is 1.00. The molecule has 0 aromatic heterocycles. The Labute approximate surface area is 95.0 Å². The summed E-state index contributed by atoms with van der Waals surface area (Å²) in [4.78, 5) is 0. The van der Waals surface area contributed by atoms with Gasteiger partial charge in [-0.2, -0.15) is 0 Å². The Hall–Kier alpha value is -0.120. The van der Waals surface area contributed by atoms with Crippen molar-refractivity contribution in [3.8, 4) is 0 Å². The first-order valence-corrected chi connectivity index (χ1v) is 6.21. The van der Waals surface area contributed by atoms with Gasteiger partial charge in [0.15, 0.2) is 0 Å². The second-order valence-electron chi connectivity index (χ2n) is 4.38. The monoisotopic (exact) mass is 216 g/mol. The lowest BCUT2D eigenvalue weighted by Gasteiger charge is -2.16. The molecule has 0 aromatic rings. The second kappa shape index (κ2) is 10.4. The minimum absolute atomic E-state index is 0.540. The molecule has 0 aliphatic carbocycles. The van der Waals surface area contributed by atoms with Crippen LogP contribution in [0.3, 0.4) is 0 Å². The predicted molar refractivity (Wildman–Crippen MR) is 66.3 cm³/mol. The Balaban J connectivity index is 3.13. The van der Waals surface area contributed by atoms with Crippen LogP contribution in [-0.2, 0) is 4.74 Å². The van der Waals surface area contributed by atoms with Gasteiger partial charge in [0, 0.05) is 31.8 Å². The molecule has 1 atom stereocenters. The Kier molecular flexibility index (Phi) is 10.3. The van der Waals surface area contributed by atoms with Gasteiger partial charge in [0.2, 0.25) is 0 Å². The van der Waals surface area contributed by atoms with Crippen LogP contribution < -0.4 is 10.6 Å². The highest BCUT2D eigenvalue weighted by Gasteiger charge is 2.00. The van der Waals surface area contributed by atoms with Crippen LogP contribution in [0.5, 0.6) is 0 Å². The third kappa shape index (κ3) is 11.8. The molecule has 3 nitrogen and oxygen atoms in total. The van der Waals surface area contributed by atoms with Crippen molar-refractivity contribution < 1.29 is 4.74 Å². The zero-order valence-corrected chi connectivity index (χ0v) is 10.8. The van der Waals surface area contributed by atoms with E-state index in [-0.39, 0.29) is 0 Å². The molecule has 0 aliphatic heterocycles. The normalized spacial score (nSPS) is 13.4. The van der Waals surface area contributed by atoms with E-state index in [1.807, 2.05) is 0 Å². The summed E-state index contributed by atoms with van der Waals surface area (Å²) in [5.74, 6) is 0. The second-order valence-corrected chi connectivity index (χ2v) is 4.38. The van der Waals surface area contributed by atoms with Crippen molar-refractivity contribution >= 4 is 0 Å². The maximum Gasteiger partial charge on any atom is 0.0478 e. The molecule has 92 valence electrons. The topological polar surface area (TPSA) is 33.3 Å². The summed E-state index contributed by atoms with van der Waals surface area (Å²) in [7, 11) is 0. The van der Waals surface area contributed by atoms with E-state index in [4.69, 9.17) is 4.74 Å². The average Bonchev–Trinajstić information content (AvgIpc) is 2.20. The first kappa shape index (κ1) is 14.9. The van der Waals surface area contributed by atoms with E-state index in [9.17, 15) is 0 Å². The van der Waals surface area contributed by atoms with E-state index < -0.39 is 0 Å². The number of rotatable bonds is 10. The lowest BCUT2D eigenvalue weighted by Crippen LogP contribution is -2.39. The van der Waals surface area contributed by atoms with Crippen molar-refractivity contribution in [1.82, 2.24) is 10.6 Å². The average molecular weight is 216 g/mol. The van der Waals surface area contributed by atoms with Crippen LogP contribution in [0.15, 0.2) is 0 Å². The van der Waals surface area contributed by atoms with Crippen LogP contribution in [0.4, 0.5) is 0 Å². The van der Waals surface area contributed by atoms with E-state index in [0.29, 0.717) is 12.1 Å². The summed E-state index contributed by atoms with van der Waals surface area (Å²) in [5, 5.41) is 6.89. The summed E-state index contributed by atoms with van der Waals surface area (Å²) < 4.78 is 5.41. The fourth-order valence-corrected chi connectivity index (χ4v) is 1.25. The molecule has 0 saturated heterocycles. The highest BCUT2D eigenvalue weighted by atomic mass is 16.5. The number of hydrogen-bond acceptors (Lipinski definition) is 3. The predicted octanol–water partition coefficient (Wildman–Crippen LogP) is 1.78. The van der Waals surface area contributed by atoms with Gasteiger partial charge in [-0.1, -0.05) is 20.8 Å². The molecular formula is C12H28N2O. The zero-order chi connectivity index (χ0) is 11.5. The highest BCUT2D eigenvalue weighted by Crippen LogP contribution is 1.86. The Morgan fingerprint density at radius 2 is 1.80 bits per heavy atom. The SMILES string of the molecule is CCCOCCCNC(C)CNC(C)C. The summed E-state index contributed by atoms with van der Waals surface area (Å²) in [6.45, 7) is 12.5. The van der Waals surface area contributed by atoms with E-state index >= 15 is 0 Å². The van der Waals surface area contributed by atoms with Crippen molar-refractivity contribution in [3.63, 3.8) is 0 Å². The van der Waals surface area contributed by atoms with Crippen LogP contribution in [0.1, 0.15) is 40.5 Å². The molecule has 0 bridgehead atoms. The zero-order valence-electron chi connectivity index (χ0n) is 10.8. The molecular weight excluding hydrogens is 188 g/mol. The van der Waals surface area contributed by atoms with E-state index in [2.05, 4.69) is 38.3 Å². The standard InChI is InChI=1S/C12H28N2O/c1-5-8-15-9-6-7-13-12(4)10-14-11(2)3/h11-14H,5-10H2,1-4H3. The van der Waals surface area contributed by atoms with Crippen LogP contribution >= 0.6 is 0 Å². The lowest BCUT2D eigenvalue weighted by atomic mass is 10.3. The van der Waals surface area contributed by atoms with Gasteiger partial charge < -0.3 is 15.4 Å². The largest absolute Gasteiger partial charge is 0.381 e. The molecule has 15 heavy (non-hydrogen) atoms. The summed E-state index contributed by atoms with van der Waals surface area (Å²) in [6.07, 6.45) is 2.22. The number of nitrogens with one attached hydrogen (secondary N) is 2. The molecule has 0 aliphatic rings. The summed E-state index contributed by atoms with van der Waals surface area (Å²) >= 11 is 0. The molecule has 0 fully saturated rings. The van der Waals surface area contributed by atoms with Crippen molar-refractivity contribution in [1.29, 1.82) is 0 Å². The van der Waals surface area contributed by atoms with Gasteiger partial charge in [0.25, 0.3) is 0 Å². The fourth-order valence-electron chi connectivity index (χ4n) is 1.25. The van der Waals surface area contributed by atoms with Crippen molar-refractivity contribution in [2.45, 2.75) is 52.6 Å². The quantitative estimate of drug-likeness (QED) is 0.546. The molecule has 0 amide bonds.